The third-order valence-corrected chi connectivity index (χ3v) is 11.2. The Hall–Kier alpha value is -4.52. The summed E-state index contributed by atoms with van der Waals surface area (Å²) in [6.07, 6.45) is 0. The molecule has 2 atom stereocenters. The Kier molecular flexibility index (Phi) is 6.83. The van der Waals surface area contributed by atoms with Crippen molar-refractivity contribution in [2.75, 3.05) is 24.4 Å². The van der Waals surface area contributed by atoms with E-state index in [1.54, 1.807) is 28.8 Å². The summed E-state index contributed by atoms with van der Waals surface area (Å²) >= 11 is 8.24. The SMILES string of the molecule is CN1C(=O)N(C)C2(c3ccccc3)Nn3c(s/c(=C4\C(=O)N(Cc5cccc(Br)c5)c5ccc(Br)cc54)c3=O)=NC12c1ccccc1. The lowest BCUT2D eigenvalue weighted by Gasteiger charge is -2.49. The first-order valence-corrected chi connectivity index (χ1v) is 17.2. The first kappa shape index (κ1) is 29.9. The summed E-state index contributed by atoms with van der Waals surface area (Å²) in [5.74, 6) is -0.269. The minimum absolute atomic E-state index is 0.264. The van der Waals surface area contributed by atoms with Crippen molar-refractivity contribution >= 4 is 66.4 Å². The second kappa shape index (κ2) is 10.8. The van der Waals surface area contributed by atoms with E-state index < -0.39 is 16.9 Å². The van der Waals surface area contributed by atoms with Crippen molar-refractivity contribution in [2.24, 2.45) is 4.99 Å². The van der Waals surface area contributed by atoms with Gasteiger partial charge in [0, 0.05) is 39.7 Å². The summed E-state index contributed by atoms with van der Waals surface area (Å²) in [5, 5.41) is 0. The number of likely N-dealkylation sites (N-methyl/N-ethyl adjacent to an activating group) is 2. The minimum atomic E-state index is -1.31. The van der Waals surface area contributed by atoms with E-state index >= 15 is 0 Å². The van der Waals surface area contributed by atoms with Gasteiger partial charge in [0.1, 0.15) is 4.53 Å². The zero-order valence-corrected chi connectivity index (χ0v) is 29.1. The Morgan fingerprint density at radius 3 is 2.17 bits per heavy atom. The monoisotopic (exact) mass is 768 g/mol. The number of nitrogens with one attached hydrogen (secondary N) is 1. The van der Waals surface area contributed by atoms with E-state index in [9.17, 15) is 14.4 Å². The molecule has 47 heavy (non-hydrogen) atoms. The number of anilines is 1. The molecule has 0 saturated carbocycles. The summed E-state index contributed by atoms with van der Waals surface area (Å²) in [6, 6.07) is 32.4. The number of hydrogen-bond donors (Lipinski definition) is 1. The number of rotatable bonds is 4. The molecule has 0 radical (unpaired) electrons. The van der Waals surface area contributed by atoms with E-state index in [1.807, 2.05) is 103 Å². The van der Waals surface area contributed by atoms with Crippen LogP contribution in [0.4, 0.5) is 10.5 Å². The van der Waals surface area contributed by atoms with Crippen molar-refractivity contribution in [3.8, 4) is 0 Å². The molecule has 3 aliphatic rings. The maximum atomic E-state index is 14.5. The molecule has 3 amide bonds. The van der Waals surface area contributed by atoms with Crippen LogP contribution in [0.3, 0.4) is 0 Å². The van der Waals surface area contributed by atoms with Gasteiger partial charge >= 0.3 is 6.03 Å². The predicted molar refractivity (Wildman–Crippen MR) is 188 cm³/mol. The van der Waals surface area contributed by atoms with Crippen LogP contribution in [0.2, 0.25) is 0 Å². The molecule has 0 bridgehead atoms. The average Bonchev–Trinajstić information content (AvgIpc) is 3.59. The molecule has 234 valence electrons. The number of amides is 3. The second-order valence-corrected chi connectivity index (χ2v) is 14.5. The van der Waals surface area contributed by atoms with E-state index in [1.165, 1.54) is 4.68 Å². The van der Waals surface area contributed by atoms with Gasteiger partial charge in [-0.05, 0) is 35.9 Å². The van der Waals surface area contributed by atoms with Crippen molar-refractivity contribution in [1.82, 2.24) is 14.5 Å². The van der Waals surface area contributed by atoms with Gasteiger partial charge in [-0.15, -0.1) is 0 Å². The van der Waals surface area contributed by atoms with Gasteiger partial charge in [-0.2, -0.15) is 4.68 Å². The standard InChI is InChI=1S/C35H26Br2N6O3S/c1-40-33(46)41(2)35(23-13-7-4-8-14-23)34(40,22-11-5-3-6-12-22)38-32-43(39-35)31(45)29(47-32)28-26-19-25(37)16-17-27(26)42(30(28)44)20-21-10-9-15-24(36)18-21/h3-19,39H,20H2,1-2H3/b29-28-. The number of hydrogen-bond acceptors (Lipinski definition) is 6. The summed E-state index contributed by atoms with van der Waals surface area (Å²) in [5.41, 5.74) is 4.62. The van der Waals surface area contributed by atoms with E-state index in [-0.39, 0.29) is 16.5 Å². The molecule has 1 saturated heterocycles. The number of thiazole rings is 1. The number of carbonyl (C=O) groups excluding carboxylic acids is 2. The van der Waals surface area contributed by atoms with Crippen LogP contribution < -0.4 is 25.2 Å². The van der Waals surface area contributed by atoms with Crippen LogP contribution in [0.15, 0.2) is 122 Å². The van der Waals surface area contributed by atoms with E-state index in [0.717, 1.165) is 42.7 Å². The van der Waals surface area contributed by atoms with Crippen LogP contribution in [-0.2, 0) is 22.7 Å². The number of aromatic nitrogens is 1. The van der Waals surface area contributed by atoms with E-state index in [2.05, 4.69) is 37.3 Å². The number of fused-ring (bicyclic) bond motifs is 3. The Bertz CT molecular complexity index is 2310. The molecule has 8 rings (SSSR count). The maximum absolute atomic E-state index is 14.5. The molecule has 4 heterocycles. The largest absolute Gasteiger partial charge is 0.324 e. The fraction of sp³-hybridized carbons (Fsp3) is 0.143. The zero-order valence-electron chi connectivity index (χ0n) is 25.1. The highest BCUT2D eigenvalue weighted by molar-refractivity contribution is 9.10. The average molecular weight is 771 g/mol. The lowest BCUT2D eigenvalue weighted by Crippen LogP contribution is -2.67. The topological polar surface area (TPSA) is 90.3 Å². The van der Waals surface area contributed by atoms with Crippen LogP contribution in [-0.4, -0.2) is 40.5 Å². The van der Waals surface area contributed by atoms with Crippen LogP contribution in [0, 0.1) is 0 Å². The molecular weight excluding hydrogens is 744 g/mol. The molecule has 5 aromatic rings. The van der Waals surface area contributed by atoms with Crippen LogP contribution in [0.1, 0.15) is 22.3 Å². The molecule has 9 nitrogen and oxygen atoms in total. The zero-order chi connectivity index (χ0) is 32.7. The molecule has 3 aliphatic heterocycles. The van der Waals surface area contributed by atoms with Crippen molar-refractivity contribution in [3.63, 3.8) is 0 Å². The Balaban J connectivity index is 1.41. The molecule has 4 aromatic carbocycles. The minimum Gasteiger partial charge on any atom is -0.303 e. The first-order chi connectivity index (χ1) is 22.7. The Morgan fingerprint density at radius 1 is 0.787 bits per heavy atom. The van der Waals surface area contributed by atoms with Gasteiger partial charge in [0.25, 0.3) is 11.5 Å². The van der Waals surface area contributed by atoms with Gasteiger partial charge in [0.2, 0.25) is 16.1 Å². The molecule has 1 N–H and O–H groups in total. The molecule has 12 heteroatoms. The van der Waals surface area contributed by atoms with Gasteiger partial charge in [0.15, 0.2) is 0 Å². The predicted octanol–water partition coefficient (Wildman–Crippen LogP) is 5.06. The Labute approximate surface area is 290 Å². The van der Waals surface area contributed by atoms with Crippen molar-refractivity contribution in [2.45, 2.75) is 17.9 Å². The molecule has 2 unspecified atom stereocenters. The number of benzene rings is 4. The highest BCUT2D eigenvalue weighted by Gasteiger charge is 2.69. The number of halogens is 2. The lowest BCUT2D eigenvalue weighted by atomic mass is 9.80. The lowest BCUT2D eigenvalue weighted by molar-refractivity contribution is -0.113. The van der Waals surface area contributed by atoms with E-state index in [0.29, 0.717) is 22.5 Å². The maximum Gasteiger partial charge on any atom is 0.324 e. The normalized spacial score (nSPS) is 22.5. The molecule has 1 fully saturated rings. The van der Waals surface area contributed by atoms with Gasteiger partial charge in [-0.1, -0.05) is 116 Å². The van der Waals surface area contributed by atoms with E-state index in [4.69, 9.17) is 4.99 Å². The van der Waals surface area contributed by atoms with Crippen molar-refractivity contribution < 1.29 is 9.59 Å². The fourth-order valence-electron chi connectivity index (χ4n) is 7.07. The smallest absolute Gasteiger partial charge is 0.303 e. The fourth-order valence-corrected chi connectivity index (χ4v) is 8.93. The summed E-state index contributed by atoms with van der Waals surface area (Å²) in [4.78, 5) is 53.4. The molecule has 0 spiro atoms. The van der Waals surface area contributed by atoms with Gasteiger partial charge < -0.3 is 4.90 Å². The molecule has 1 aromatic heterocycles. The van der Waals surface area contributed by atoms with Gasteiger partial charge in [0.05, 0.1) is 17.8 Å². The summed E-state index contributed by atoms with van der Waals surface area (Å²) in [6.45, 7) is 0.331. The highest BCUT2D eigenvalue weighted by atomic mass is 79.9. The van der Waals surface area contributed by atoms with Crippen LogP contribution in [0.5, 0.6) is 0 Å². The third kappa shape index (κ3) is 4.11. The summed E-state index contributed by atoms with van der Waals surface area (Å²) in [7, 11) is 3.44. The summed E-state index contributed by atoms with van der Waals surface area (Å²) < 4.78 is 3.36. The van der Waals surface area contributed by atoms with Crippen molar-refractivity contribution in [3.05, 3.63) is 154 Å². The quantitative estimate of drug-likeness (QED) is 0.277. The van der Waals surface area contributed by atoms with Gasteiger partial charge in [-0.25, -0.2) is 9.79 Å². The first-order valence-electron chi connectivity index (χ1n) is 14.8. The number of carbonyl (C=O) groups is 2. The van der Waals surface area contributed by atoms with Crippen LogP contribution in [0.25, 0.3) is 5.57 Å². The third-order valence-electron chi connectivity index (χ3n) is 9.18. The molecule has 0 aliphatic carbocycles. The second-order valence-electron chi connectivity index (χ2n) is 11.7. The van der Waals surface area contributed by atoms with Gasteiger partial charge in [-0.3, -0.25) is 24.8 Å². The number of nitrogens with zero attached hydrogens (tertiary/aromatic N) is 5. The molecular formula is C35H26Br2N6O3S. The van der Waals surface area contributed by atoms with Crippen LogP contribution >= 0.6 is 43.2 Å². The highest BCUT2D eigenvalue weighted by Crippen LogP contribution is 2.53. The Morgan fingerprint density at radius 2 is 1.47 bits per heavy atom. The van der Waals surface area contributed by atoms with Crippen molar-refractivity contribution in [1.29, 1.82) is 0 Å². The number of urea groups is 1.